The van der Waals surface area contributed by atoms with Gasteiger partial charge < -0.3 is 4.42 Å². The molecule has 4 heterocycles. The number of nitrogens with zero attached hydrogens (tertiary/aromatic N) is 6. The lowest BCUT2D eigenvalue weighted by Gasteiger charge is -2.18. The summed E-state index contributed by atoms with van der Waals surface area (Å²) in [5, 5.41) is 4.64. The molecule has 0 bridgehead atoms. The van der Waals surface area contributed by atoms with E-state index < -0.39 is 5.92 Å². The molecule has 8 heteroatoms. The van der Waals surface area contributed by atoms with Crippen LogP contribution in [0.4, 0.5) is 0 Å². The maximum atomic E-state index is 12.2. The Labute approximate surface area is 154 Å². The molecule has 1 aliphatic carbocycles. The van der Waals surface area contributed by atoms with Crippen LogP contribution in [-0.4, -0.2) is 37.1 Å². The molecule has 0 fully saturated rings. The molecular weight excluding hydrogens is 344 g/mol. The molecular formula is C19H16N6O2. The summed E-state index contributed by atoms with van der Waals surface area (Å²) in [4.78, 5) is 24.8. The van der Waals surface area contributed by atoms with Crippen molar-refractivity contribution >= 4 is 29.4 Å². The van der Waals surface area contributed by atoms with E-state index in [0.717, 1.165) is 17.0 Å². The van der Waals surface area contributed by atoms with Crippen molar-refractivity contribution < 1.29 is 9.21 Å². The van der Waals surface area contributed by atoms with Gasteiger partial charge in [-0.3, -0.25) is 13.9 Å². The Hall–Kier alpha value is -3.55. The first-order valence-corrected chi connectivity index (χ1v) is 8.67. The van der Waals surface area contributed by atoms with Gasteiger partial charge in [-0.25, -0.2) is 9.98 Å². The van der Waals surface area contributed by atoms with Gasteiger partial charge in [0, 0.05) is 18.4 Å². The fraction of sp³-hybridized carbons (Fsp3) is 0.211. The fourth-order valence-electron chi connectivity index (χ4n) is 3.30. The standard InChI is InChI=1S/C19H16N6O2/c1-11(2)25-6-5-15(23-25)16-17(24-7-8-27-19(24)22-16)12-3-4-14-13(9-12)18(26)21-10-20-14/h3-11,13H,1-2H3. The summed E-state index contributed by atoms with van der Waals surface area (Å²) in [5.41, 5.74) is 3.83. The Morgan fingerprint density at radius 2 is 2.11 bits per heavy atom. The molecule has 0 spiro atoms. The van der Waals surface area contributed by atoms with Crippen LogP contribution in [-0.2, 0) is 4.79 Å². The molecule has 3 aromatic rings. The molecule has 0 saturated heterocycles. The molecule has 2 aliphatic rings. The Morgan fingerprint density at radius 1 is 1.22 bits per heavy atom. The van der Waals surface area contributed by atoms with E-state index in [1.165, 1.54) is 6.34 Å². The third-order valence-corrected chi connectivity index (χ3v) is 4.67. The lowest BCUT2D eigenvalue weighted by atomic mass is 9.91. The average Bonchev–Trinajstić information content (AvgIpc) is 3.37. The van der Waals surface area contributed by atoms with Crippen molar-refractivity contribution in [3.05, 3.63) is 48.6 Å². The van der Waals surface area contributed by atoms with E-state index in [1.54, 1.807) is 12.5 Å². The van der Waals surface area contributed by atoms with E-state index in [0.29, 0.717) is 17.2 Å². The van der Waals surface area contributed by atoms with Crippen LogP contribution in [0.3, 0.4) is 0 Å². The lowest BCUT2D eigenvalue weighted by molar-refractivity contribution is -0.118. The highest BCUT2D eigenvalue weighted by molar-refractivity contribution is 6.20. The van der Waals surface area contributed by atoms with Crippen molar-refractivity contribution in [3.8, 4) is 11.4 Å². The van der Waals surface area contributed by atoms with Gasteiger partial charge in [-0.05, 0) is 31.6 Å². The van der Waals surface area contributed by atoms with E-state index in [-0.39, 0.29) is 11.9 Å². The zero-order valence-corrected chi connectivity index (χ0v) is 14.8. The van der Waals surface area contributed by atoms with Gasteiger partial charge in [-0.1, -0.05) is 12.2 Å². The minimum Gasteiger partial charge on any atom is -0.432 e. The molecule has 1 aliphatic heterocycles. The summed E-state index contributed by atoms with van der Waals surface area (Å²) >= 11 is 0. The van der Waals surface area contributed by atoms with Crippen LogP contribution in [0.5, 0.6) is 0 Å². The zero-order valence-electron chi connectivity index (χ0n) is 14.8. The fourth-order valence-corrected chi connectivity index (χ4v) is 3.30. The van der Waals surface area contributed by atoms with Crippen molar-refractivity contribution in [2.24, 2.45) is 15.9 Å². The molecule has 1 amide bonds. The lowest BCUT2D eigenvalue weighted by Crippen LogP contribution is -2.24. The molecule has 0 aromatic carbocycles. The van der Waals surface area contributed by atoms with Gasteiger partial charge in [0.1, 0.15) is 29.9 Å². The van der Waals surface area contributed by atoms with Gasteiger partial charge in [0.05, 0.1) is 11.4 Å². The summed E-state index contributed by atoms with van der Waals surface area (Å²) < 4.78 is 9.23. The van der Waals surface area contributed by atoms with Crippen molar-refractivity contribution in [3.63, 3.8) is 0 Å². The Bertz CT molecular complexity index is 1180. The van der Waals surface area contributed by atoms with Gasteiger partial charge in [-0.15, -0.1) is 0 Å². The number of rotatable bonds is 3. The van der Waals surface area contributed by atoms with E-state index >= 15 is 0 Å². The average molecular weight is 360 g/mol. The number of aliphatic imine (C=N–C) groups is 2. The van der Waals surface area contributed by atoms with Crippen LogP contribution >= 0.6 is 0 Å². The summed E-state index contributed by atoms with van der Waals surface area (Å²) in [6.45, 7) is 4.14. The van der Waals surface area contributed by atoms with Crippen LogP contribution in [0.2, 0.25) is 0 Å². The number of imidazole rings is 1. The predicted molar refractivity (Wildman–Crippen MR) is 101 cm³/mol. The monoisotopic (exact) mass is 360 g/mol. The van der Waals surface area contributed by atoms with Crippen molar-refractivity contribution in [2.45, 2.75) is 19.9 Å². The minimum atomic E-state index is -0.478. The molecule has 0 saturated carbocycles. The summed E-state index contributed by atoms with van der Waals surface area (Å²) in [6, 6.07) is 2.18. The maximum Gasteiger partial charge on any atom is 0.306 e. The van der Waals surface area contributed by atoms with Crippen LogP contribution < -0.4 is 0 Å². The second kappa shape index (κ2) is 5.73. The summed E-state index contributed by atoms with van der Waals surface area (Å²) in [5.74, 6) is -0.227. The normalized spacial score (nSPS) is 18.9. The number of carbonyl (C=O) groups excluding carboxylic acids is 1. The minimum absolute atomic E-state index is 0.222. The van der Waals surface area contributed by atoms with E-state index in [9.17, 15) is 4.79 Å². The Kier molecular flexibility index (Phi) is 3.33. The second-order valence-corrected chi connectivity index (χ2v) is 6.71. The first kappa shape index (κ1) is 15.7. The first-order chi connectivity index (χ1) is 13.1. The van der Waals surface area contributed by atoms with Crippen LogP contribution in [0.25, 0.3) is 22.8 Å². The summed E-state index contributed by atoms with van der Waals surface area (Å²) in [7, 11) is 0. The smallest absolute Gasteiger partial charge is 0.306 e. The van der Waals surface area contributed by atoms with Crippen LogP contribution in [0.1, 0.15) is 25.6 Å². The molecule has 27 heavy (non-hydrogen) atoms. The quantitative estimate of drug-likeness (QED) is 0.718. The Morgan fingerprint density at radius 3 is 2.93 bits per heavy atom. The number of allylic oxidation sites excluding steroid dienone is 3. The molecule has 134 valence electrons. The molecule has 1 unspecified atom stereocenters. The van der Waals surface area contributed by atoms with Gasteiger partial charge in [-0.2, -0.15) is 10.1 Å². The summed E-state index contributed by atoms with van der Waals surface area (Å²) in [6.07, 6.45) is 12.3. The topological polar surface area (TPSA) is 90.1 Å². The van der Waals surface area contributed by atoms with Crippen molar-refractivity contribution in [2.75, 3.05) is 0 Å². The predicted octanol–water partition coefficient (Wildman–Crippen LogP) is 2.95. The molecule has 3 aromatic heterocycles. The van der Waals surface area contributed by atoms with E-state index in [4.69, 9.17) is 4.42 Å². The largest absolute Gasteiger partial charge is 0.432 e. The number of aromatic nitrogens is 4. The molecule has 0 radical (unpaired) electrons. The number of carbonyl (C=O) groups is 1. The SMILES string of the molecule is CC(C)n1ccc(-c2nc3occn3c2C2=CC3C(=O)N=CN=C3C=C2)n1. The zero-order chi connectivity index (χ0) is 18.5. The van der Waals surface area contributed by atoms with Crippen LogP contribution in [0, 0.1) is 5.92 Å². The number of fused-ring (bicyclic) bond motifs is 2. The molecule has 1 atom stereocenters. The number of hydrogen-bond acceptors (Lipinski definition) is 5. The number of amides is 1. The van der Waals surface area contributed by atoms with Gasteiger partial charge >= 0.3 is 5.84 Å². The third kappa shape index (κ3) is 2.41. The van der Waals surface area contributed by atoms with Gasteiger partial charge in [0.25, 0.3) is 5.91 Å². The van der Waals surface area contributed by atoms with Gasteiger partial charge in [0.15, 0.2) is 0 Å². The molecule has 8 nitrogen and oxygen atoms in total. The second-order valence-electron chi connectivity index (χ2n) is 6.71. The first-order valence-electron chi connectivity index (χ1n) is 8.67. The number of oxazole rings is 1. The highest BCUT2D eigenvalue weighted by Gasteiger charge is 2.28. The Balaban J connectivity index is 1.68. The van der Waals surface area contributed by atoms with E-state index in [1.807, 2.05) is 39.6 Å². The third-order valence-electron chi connectivity index (χ3n) is 4.67. The van der Waals surface area contributed by atoms with Crippen molar-refractivity contribution in [1.29, 1.82) is 0 Å². The molecule has 5 rings (SSSR count). The van der Waals surface area contributed by atoms with Gasteiger partial charge in [0.2, 0.25) is 0 Å². The number of hydrogen-bond donors (Lipinski definition) is 0. The molecule has 0 N–H and O–H groups in total. The van der Waals surface area contributed by atoms with Crippen molar-refractivity contribution in [1.82, 2.24) is 19.2 Å². The van der Waals surface area contributed by atoms with Crippen LogP contribution in [0.15, 0.2) is 57.4 Å². The highest BCUT2D eigenvalue weighted by atomic mass is 16.3. The van der Waals surface area contributed by atoms with E-state index in [2.05, 4.69) is 33.9 Å². The highest BCUT2D eigenvalue weighted by Crippen LogP contribution is 2.33. The maximum absolute atomic E-state index is 12.2.